The number of aromatic nitrogens is 1. The molecule has 3 nitrogen and oxygen atoms in total. The van der Waals surface area contributed by atoms with Crippen LogP contribution in [0, 0.1) is 0 Å². The summed E-state index contributed by atoms with van der Waals surface area (Å²) in [5.74, 6) is -0.799. The van der Waals surface area contributed by atoms with Gasteiger partial charge in [0.15, 0.2) is 0 Å². The van der Waals surface area contributed by atoms with E-state index in [0.717, 1.165) is 15.1 Å². The van der Waals surface area contributed by atoms with E-state index in [9.17, 15) is 4.79 Å². The van der Waals surface area contributed by atoms with Crippen LogP contribution in [0.1, 0.15) is 4.88 Å². The molecule has 0 atom stereocenters. The summed E-state index contributed by atoms with van der Waals surface area (Å²) in [6, 6.07) is 5.66. The van der Waals surface area contributed by atoms with Crippen LogP contribution in [0.5, 0.6) is 0 Å². The van der Waals surface area contributed by atoms with Gasteiger partial charge < -0.3 is 5.11 Å². The molecule has 66 valence electrons. The molecule has 0 bridgehead atoms. The third kappa shape index (κ3) is 1.67. The van der Waals surface area contributed by atoms with Crippen molar-refractivity contribution in [2.75, 3.05) is 0 Å². The predicted octanol–water partition coefficient (Wildman–Crippen LogP) is 1.92. The number of carboxylic acid groups (broad SMARTS) is 1. The van der Waals surface area contributed by atoms with Gasteiger partial charge in [-0.1, -0.05) is 6.07 Å². The number of hydrogen-bond acceptors (Lipinski definition) is 3. The third-order valence-corrected chi connectivity index (χ3v) is 2.73. The van der Waals surface area contributed by atoms with Crippen molar-refractivity contribution in [1.29, 1.82) is 0 Å². The largest absolute Gasteiger partial charge is 0.481 e. The highest BCUT2D eigenvalue weighted by Gasteiger charge is 2.05. The highest BCUT2D eigenvalue weighted by atomic mass is 32.1. The average Bonchev–Trinajstić information content (AvgIpc) is 2.44. The number of thiophene rings is 1. The first-order valence-corrected chi connectivity index (χ1v) is 4.62. The minimum absolute atomic E-state index is 0.0844. The maximum atomic E-state index is 10.4. The molecule has 0 unspecified atom stereocenters. The Kier molecular flexibility index (Phi) is 1.98. The van der Waals surface area contributed by atoms with Crippen LogP contribution in [0.15, 0.2) is 24.4 Å². The van der Waals surface area contributed by atoms with Gasteiger partial charge >= 0.3 is 5.97 Å². The van der Waals surface area contributed by atoms with Crippen LogP contribution in [0.4, 0.5) is 0 Å². The summed E-state index contributed by atoms with van der Waals surface area (Å²) in [5, 5.41) is 9.60. The molecule has 0 saturated heterocycles. The molecule has 13 heavy (non-hydrogen) atoms. The lowest BCUT2D eigenvalue weighted by Crippen LogP contribution is -1.96. The SMILES string of the molecule is O=C(O)Cc1cc2cccnc2s1. The molecule has 1 N–H and O–H groups in total. The van der Waals surface area contributed by atoms with E-state index in [0.29, 0.717) is 0 Å². The van der Waals surface area contributed by atoms with Gasteiger partial charge in [0.1, 0.15) is 4.83 Å². The monoisotopic (exact) mass is 193 g/mol. The van der Waals surface area contributed by atoms with Crippen molar-refractivity contribution < 1.29 is 9.90 Å². The summed E-state index contributed by atoms with van der Waals surface area (Å²) in [5.41, 5.74) is 0. The first-order chi connectivity index (χ1) is 6.25. The van der Waals surface area contributed by atoms with Crippen LogP contribution in [0.3, 0.4) is 0 Å². The van der Waals surface area contributed by atoms with Gasteiger partial charge in [0.25, 0.3) is 0 Å². The summed E-state index contributed by atoms with van der Waals surface area (Å²) < 4.78 is 0. The van der Waals surface area contributed by atoms with Crippen LogP contribution in [-0.2, 0) is 11.2 Å². The van der Waals surface area contributed by atoms with Crippen molar-refractivity contribution in [3.63, 3.8) is 0 Å². The second kappa shape index (κ2) is 3.14. The number of carboxylic acids is 1. The number of aliphatic carboxylic acids is 1. The molecule has 0 aliphatic heterocycles. The molecule has 2 heterocycles. The summed E-state index contributed by atoms with van der Waals surface area (Å²) in [6.07, 6.45) is 1.80. The lowest BCUT2D eigenvalue weighted by Gasteiger charge is -1.85. The molecular weight excluding hydrogens is 186 g/mol. The number of pyridine rings is 1. The minimum atomic E-state index is -0.799. The Hall–Kier alpha value is -1.42. The molecule has 0 aromatic carbocycles. The zero-order valence-electron chi connectivity index (χ0n) is 6.73. The number of nitrogens with zero attached hydrogens (tertiary/aromatic N) is 1. The zero-order valence-corrected chi connectivity index (χ0v) is 7.54. The van der Waals surface area contributed by atoms with Crippen molar-refractivity contribution in [2.45, 2.75) is 6.42 Å². The highest BCUT2D eigenvalue weighted by molar-refractivity contribution is 7.18. The van der Waals surface area contributed by atoms with Crippen LogP contribution >= 0.6 is 11.3 Å². The van der Waals surface area contributed by atoms with Gasteiger partial charge in [-0.05, 0) is 12.1 Å². The van der Waals surface area contributed by atoms with Gasteiger partial charge in [-0.2, -0.15) is 0 Å². The lowest BCUT2D eigenvalue weighted by atomic mass is 10.3. The number of hydrogen-bond donors (Lipinski definition) is 1. The maximum absolute atomic E-state index is 10.4. The minimum Gasteiger partial charge on any atom is -0.481 e. The second-order valence-corrected chi connectivity index (χ2v) is 3.80. The van der Waals surface area contributed by atoms with Crippen molar-refractivity contribution in [3.8, 4) is 0 Å². The van der Waals surface area contributed by atoms with E-state index in [4.69, 9.17) is 5.11 Å². The fourth-order valence-corrected chi connectivity index (χ4v) is 2.15. The van der Waals surface area contributed by atoms with Gasteiger partial charge in [-0.15, -0.1) is 11.3 Å². The molecule has 0 saturated carbocycles. The quantitative estimate of drug-likeness (QED) is 0.792. The van der Waals surface area contributed by atoms with Crippen molar-refractivity contribution >= 4 is 27.5 Å². The summed E-state index contributed by atoms with van der Waals surface area (Å²) in [4.78, 5) is 16.3. The van der Waals surface area contributed by atoms with Gasteiger partial charge in [0, 0.05) is 16.5 Å². The topological polar surface area (TPSA) is 50.2 Å². The smallest absolute Gasteiger partial charge is 0.308 e. The predicted molar refractivity (Wildman–Crippen MR) is 51.0 cm³/mol. The number of fused-ring (bicyclic) bond motifs is 1. The van der Waals surface area contributed by atoms with Gasteiger partial charge in [-0.25, -0.2) is 4.98 Å². The molecule has 2 aromatic heterocycles. The van der Waals surface area contributed by atoms with Crippen LogP contribution in [-0.4, -0.2) is 16.1 Å². The Balaban J connectivity index is 2.44. The van der Waals surface area contributed by atoms with Gasteiger partial charge in [0.05, 0.1) is 6.42 Å². The molecule has 0 aliphatic rings. The number of carbonyl (C=O) groups is 1. The molecule has 0 radical (unpaired) electrons. The van der Waals surface area contributed by atoms with E-state index in [1.807, 2.05) is 18.2 Å². The number of rotatable bonds is 2. The Morgan fingerprint density at radius 3 is 3.15 bits per heavy atom. The Bertz CT molecular complexity index is 417. The maximum Gasteiger partial charge on any atom is 0.308 e. The van der Waals surface area contributed by atoms with Crippen molar-refractivity contribution in [3.05, 3.63) is 29.3 Å². The Morgan fingerprint density at radius 1 is 1.62 bits per heavy atom. The van der Waals surface area contributed by atoms with Gasteiger partial charge in [0.2, 0.25) is 0 Å². The summed E-state index contributed by atoms with van der Waals surface area (Å²) in [6.45, 7) is 0. The molecule has 2 rings (SSSR count). The first kappa shape index (κ1) is 8.19. The standard InChI is InChI=1S/C9H7NO2S/c11-8(12)5-7-4-6-2-1-3-10-9(6)13-7/h1-4H,5H2,(H,11,12). The summed E-state index contributed by atoms with van der Waals surface area (Å²) in [7, 11) is 0. The van der Waals surface area contributed by atoms with E-state index >= 15 is 0 Å². The van der Waals surface area contributed by atoms with Crippen LogP contribution in [0.2, 0.25) is 0 Å². The first-order valence-electron chi connectivity index (χ1n) is 3.81. The summed E-state index contributed by atoms with van der Waals surface area (Å²) >= 11 is 1.43. The van der Waals surface area contributed by atoms with E-state index < -0.39 is 5.97 Å². The molecule has 0 aliphatic carbocycles. The Labute approximate surface area is 78.7 Å². The molecule has 0 fully saturated rings. The van der Waals surface area contributed by atoms with Crippen LogP contribution in [0.25, 0.3) is 10.2 Å². The normalized spacial score (nSPS) is 10.5. The third-order valence-electron chi connectivity index (χ3n) is 1.67. The van der Waals surface area contributed by atoms with E-state index in [2.05, 4.69) is 4.98 Å². The van der Waals surface area contributed by atoms with Crippen molar-refractivity contribution in [1.82, 2.24) is 4.98 Å². The van der Waals surface area contributed by atoms with E-state index in [1.54, 1.807) is 6.20 Å². The molecule has 4 heteroatoms. The zero-order chi connectivity index (χ0) is 9.26. The second-order valence-electron chi connectivity index (χ2n) is 2.68. The van der Waals surface area contributed by atoms with E-state index in [1.165, 1.54) is 11.3 Å². The average molecular weight is 193 g/mol. The van der Waals surface area contributed by atoms with Crippen LogP contribution < -0.4 is 0 Å². The highest BCUT2D eigenvalue weighted by Crippen LogP contribution is 2.23. The fraction of sp³-hybridized carbons (Fsp3) is 0.111. The molecule has 0 spiro atoms. The molecular formula is C9H7NO2S. The van der Waals surface area contributed by atoms with Gasteiger partial charge in [-0.3, -0.25) is 4.79 Å². The van der Waals surface area contributed by atoms with Crippen molar-refractivity contribution in [2.24, 2.45) is 0 Å². The molecule has 2 aromatic rings. The molecule has 0 amide bonds. The fourth-order valence-electron chi connectivity index (χ4n) is 1.16. The van der Waals surface area contributed by atoms with E-state index in [-0.39, 0.29) is 6.42 Å². The Morgan fingerprint density at radius 2 is 2.46 bits per heavy atom. The lowest BCUT2D eigenvalue weighted by molar-refractivity contribution is -0.136.